The molecule has 5 heteroatoms. The van der Waals surface area contributed by atoms with E-state index in [0.717, 1.165) is 32.2 Å². The number of hydrogen-bond acceptors (Lipinski definition) is 3. The number of carboxylic acids is 1. The van der Waals surface area contributed by atoms with E-state index in [1.807, 2.05) is 6.92 Å². The third-order valence-corrected chi connectivity index (χ3v) is 3.40. The molecule has 1 fully saturated rings. The Bertz CT molecular complexity index is 280. The molecular weight excluding hydrogens is 220 g/mol. The van der Waals surface area contributed by atoms with Crippen LogP contribution in [-0.4, -0.2) is 36.1 Å². The second kappa shape index (κ2) is 6.00. The van der Waals surface area contributed by atoms with Crippen molar-refractivity contribution < 1.29 is 14.7 Å². The van der Waals surface area contributed by atoms with Gasteiger partial charge in [-0.3, -0.25) is 9.59 Å². The molecule has 2 atom stereocenters. The van der Waals surface area contributed by atoms with Gasteiger partial charge in [0.15, 0.2) is 0 Å². The Kier molecular flexibility index (Phi) is 4.93. The molecule has 3 N–H and O–H groups in total. The van der Waals surface area contributed by atoms with Crippen molar-refractivity contribution in [3.05, 3.63) is 0 Å². The van der Waals surface area contributed by atoms with Crippen LogP contribution in [0, 0.1) is 5.41 Å². The van der Waals surface area contributed by atoms with Gasteiger partial charge < -0.3 is 15.7 Å². The van der Waals surface area contributed by atoms with Crippen molar-refractivity contribution in [2.45, 2.75) is 45.6 Å². The van der Waals surface area contributed by atoms with Gasteiger partial charge in [-0.25, -0.2) is 0 Å². The highest BCUT2D eigenvalue weighted by atomic mass is 16.4. The van der Waals surface area contributed by atoms with Crippen molar-refractivity contribution in [1.29, 1.82) is 0 Å². The molecule has 0 radical (unpaired) electrons. The zero-order valence-corrected chi connectivity index (χ0v) is 10.6. The van der Waals surface area contributed by atoms with E-state index in [2.05, 4.69) is 10.6 Å². The van der Waals surface area contributed by atoms with E-state index in [4.69, 9.17) is 5.11 Å². The highest BCUT2D eigenvalue weighted by molar-refractivity contribution is 5.87. The smallest absolute Gasteiger partial charge is 0.325 e. The molecule has 98 valence electrons. The molecular formula is C12H22N2O3. The summed E-state index contributed by atoms with van der Waals surface area (Å²) in [4.78, 5) is 23.0. The lowest BCUT2D eigenvalue weighted by Gasteiger charge is -2.36. The first-order chi connectivity index (χ1) is 8.02. The minimum atomic E-state index is -0.992. The fraction of sp³-hybridized carbons (Fsp3) is 0.833. The van der Waals surface area contributed by atoms with E-state index in [1.165, 1.54) is 6.92 Å². The molecule has 1 heterocycles. The molecule has 17 heavy (non-hydrogen) atoms. The maximum Gasteiger partial charge on any atom is 0.325 e. The van der Waals surface area contributed by atoms with E-state index in [-0.39, 0.29) is 5.91 Å². The molecule has 1 rings (SSSR count). The number of carboxylic acid groups (broad SMARTS) is 1. The van der Waals surface area contributed by atoms with Crippen molar-refractivity contribution in [3.63, 3.8) is 0 Å². The third kappa shape index (κ3) is 3.43. The number of carbonyl (C=O) groups excluding carboxylic acids is 1. The molecule has 0 aromatic rings. The van der Waals surface area contributed by atoms with Crippen LogP contribution in [0.4, 0.5) is 0 Å². The van der Waals surface area contributed by atoms with E-state index >= 15 is 0 Å². The van der Waals surface area contributed by atoms with Gasteiger partial charge >= 0.3 is 5.97 Å². The summed E-state index contributed by atoms with van der Waals surface area (Å²) in [5.41, 5.74) is -0.420. The SMILES string of the molecule is CCCC1(C(=O)NC(C)C(=O)O)CCCNC1. The lowest BCUT2D eigenvalue weighted by Crippen LogP contribution is -2.53. The van der Waals surface area contributed by atoms with Gasteiger partial charge in [-0.1, -0.05) is 13.3 Å². The Morgan fingerprint density at radius 1 is 1.53 bits per heavy atom. The summed E-state index contributed by atoms with van der Waals surface area (Å²) < 4.78 is 0. The maximum atomic E-state index is 12.2. The number of piperidine rings is 1. The zero-order valence-electron chi connectivity index (χ0n) is 10.6. The zero-order chi connectivity index (χ0) is 12.9. The van der Waals surface area contributed by atoms with Crippen LogP contribution in [0.15, 0.2) is 0 Å². The van der Waals surface area contributed by atoms with Crippen LogP contribution in [0.25, 0.3) is 0 Å². The summed E-state index contributed by atoms with van der Waals surface area (Å²) in [5.74, 6) is -1.12. The van der Waals surface area contributed by atoms with Crippen LogP contribution in [0.2, 0.25) is 0 Å². The molecule has 0 spiro atoms. The molecule has 0 aromatic heterocycles. The first kappa shape index (κ1) is 14.0. The Balaban J connectivity index is 2.69. The van der Waals surface area contributed by atoms with Gasteiger partial charge in [-0.05, 0) is 32.7 Å². The highest BCUT2D eigenvalue weighted by Gasteiger charge is 2.39. The predicted octanol–water partition coefficient (Wildman–Crippen LogP) is 0.746. The van der Waals surface area contributed by atoms with Crippen molar-refractivity contribution in [3.8, 4) is 0 Å². The van der Waals surface area contributed by atoms with Crippen LogP contribution in [0.5, 0.6) is 0 Å². The van der Waals surface area contributed by atoms with Crippen molar-refractivity contribution in [1.82, 2.24) is 10.6 Å². The number of hydrogen-bond donors (Lipinski definition) is 3. The highest BCUT2D eigenvalue weighted by Crippen LogP contribution is 2.31. The standard InChI is InChI=1S/C12H22N2O3/c1-3-5-12(6-4-7-13-8-12)11(17)14-9(2)10(15)16/h9,13H,3-8H2,1-2H3,(H,14,17)(H,15,16). The Morgan fingerprint density at radius 3 is 2.71 bits per heavy atom. The normalized spacial score (nSPS) is 26.2. The number of amides is 1. The van der Waals surface area contributed by atoms with Crippen LogP contribution in [0.3, 0.4) is 0 Å². The first-order valence-corrected chi connectivity index (χ1v) is 6.26. The number of nitrogens with one attached hydrogen (secondary N) is 2. The lowest BCUT2D eigenvalue weighted by molar-refractivity contribution is -0.144. The number of carbonyl (C=O) groups is 2. The summed E-state index contributed by atoms with van der Waals surface area (Å²) in [5, 5.41) is 14.6. The molecule has 1 aliphatic heterocycles. The minimum absolute atomic E-state index is 0.124. The summed E-state index contributed by atoms with van der Waals surface area (Å²) in [6.45, 7) is 5.13. The summed E-state index contributed by atoms with van der Waals surface area (Å²) >= 11 is 0. The molecule has 0 saturated carbocycles. The minimum Gasteiger partial charge on any atom is -0.480 e. The number of aliphatic carboxylic acids is 1. The second-order valence-electron chi connectivity index (χ2n) is 4.84. The third-order valence-electron chi connectivity index (χ3n) is 3.40. The van der Waals surface area contributed by atoms with Crippen molar-refractivity contribution in [2.75, 3.05) is 13.1 Å². The topological polar surface area (TPSA) is 78.4 Å². The molecule has 5 nitrogen and oxygen atoms in total. The average Bonchev–Trinajstić information content (AvgIpc) is 2.30. The van der Waals surface area contributed by atoms with Crippen LogP contribution >= 0.6 is 0 Å². The van der Waals surface area contributed by atoms with Gasteiger partial charge in [0.2, 0.25) is 5.91 Å². The molecule has 2 unspecified atom stereocenters. The van der Waals surface area contributed by atoms with E-state index < -0.39 is 17.4 Å². The van der Waals surface area contributed by atoms with Crippen LogP contribution in [-0.2, 0) is 9.59 Å². The Labute approximate surface area is 102 Å². The Hall–Kier alpha value is -1.10. The lowest BCUT2D eigenvalue weighted by atomic mass is 9.76. The molecule has 1 aliphatic rings. The van der Waals surface area contributed by atoms with Crippen LogP contribution < -0.4 is 10.6 Å². The van der Waals surface area contributed by atoms with Gasteiger partial charge in [0.25, 0.3) is 0 Å². The predicted molar refractivity (Wildman–Crippen MR) is 64.7 cm³/mol. The van der Waals surface area contributed by atoms with Gasteiger partial charge in [0.05, 0.1) is 5.41 Å². The monoisotopic (exact) mass is 242 g/mol. The summed E-state index contributed by atoms with van der Waals surface area (Å²) in [6.07, 6.45) is 3.54. The summed E-state index contributed by atoms with van der Waals surface area (Å²) in [7, 11) is 0. The van der Waals surface area contributed by atoms with E-state index in [0.29, 0.717) is 6.54 Å². The Morgan fingerprint density at radius 2 is 2.24 bits per heavy atom. The summed E-state index contributed by atoms with van der Waals surface area (Å²) in [6, 6.07) is -0.821. The largest absolute Gasteiger partial charge is 0.480 e. The van der Waals surface area contributed by atoms with Gasteiger partial charge in [-0.15, -0.1) is 0 Å². The fourth-order valence-corrected chi connectivity index (χ4v) is 2.38. The molecule has 0 aromatic carbocycles. The average molecular weight is 242 g/mol. The quantitative estimate of drug-likeness (QED) is 0.664. The molecule has 0 aliphatic carbocycles. The van der Waals surface area contributed by atoms with Gasteiger partial charge in [0, 0.05) is 6.54 Å². The molecule has 1 amide bonds. The molecule has 1 saturated heterocycles. The van der Waals surface area contributed by atoms with Gasteiger partial charge in [0.1, 0.15) is 6.04 Å². The fourth-order valence-electron chi connectivity index (χ4n) is 2.38. The maximum absolute atomic E-state index is 12.2. The first-order valence-electron chi connectivity index (χ1n) is 6.26. The van der Waals surface area contributed by atoms with Gasteiger partial charge in [-0.2, -0.15) is 0 Å². The van der Waals surface area contributed by atoms with Crippen molar-refractivity contribution >= 4 is 11.9 Å². The second-order valence-corrected chi connectivity index (χ2v) is 4.84. The van der Waals surface area contributed by atoms with E-state index in [9.17, 15) is 9.59 Å². The van der Waals surface area contributed by atoms with Crippen LogP contribution in [0.1, 0.15) is 39.5 Å². The van der Waals surface area contributed by atoms with E-state index in [1.54, 1.807) is 0 Å². The van der Waals surface area contributed by atoms with Crippen molar-refractivity contribution in [2.24, 2.45) is 5.41 Å². The molecule has 0 bridgehead atoms. The number of rotatable bonds is 5.